The molecule has 0 aromatic heterocycles. The van der Waals surface area contributed by atoms with Gasteiger partial charge in [-0.05, 0) is 12.8 Å². The van der Waals surface area contributed by atoms with Crippen LogP contribution < -0.4 is 0 Å². The Morgan fingerprint density at radius 3 is 1.92 bits per heavy atom. The first kappa shape index (κ1) is 21.6. The highest BCUT2D eigenvalue weighted by Gasteiger charge is 2.09. The molecule has 0 saturated heterocycles. The van der Waals surface area contributed by atoms with E-state index in [1.165, 1.54) is 0 Å². The monoisotopic (exact) mass is 332 g/mol. The van der Waals surface area contributed by atoms with Gasteiger partial charge in [-0.25, -0.2) is 0 Å². The molecule has 0 bridgehead atoms. The average molecular weight is 332 g/mol. The van der Waals surface area contributed by atoms with E-state index in [9.17, 15) is 9.59 Å². The number of carbonyl (C=O) groups is 2. The molecule has 4 heteroatoms. The van der Waals surface area contributed by atoms with Gasteiger partial charge in [0.25, 0.3) is 0 Å². The maximum absolute atomic E-state index is 11.4. The van der Waals surface area contributed by atoms with Gasteiger partial charge in [-0.2, -0.15) is 0 Å². The molecular formula is C20H28O4. The van der Waals surface area contributed by atoms with E-state index in [2.05, 4.69) is 13.0 Å². The van der Waals surface area contributed by atoms with E-state index in [1.54, 1.807) is 13.8 Å². The molecule has 0 aliphatic carbocycles. The SMILES string of the molecule is CC\C=C/C=C\C=C/C=C\C=C/CCC(=O)OCOC(=O)C(C)C. The second-order valence-corrected chi connectivity index (χ2v) is 5.21. The van der Waals surface area contributed by atoms with Gasteiger partial charge >= 0.3 is 11.9 Å². The van der Waals surface area contributed by atoms with Crippen molar-refractivity contribution in [1.29, 1.82) is 0 Å². The summed E-state index contributed by atoms with van der Waals surface area (Å²) in [6.07, 6.45) is 21.3. The molecule has 0 fully saturated rings. The van der Waals surface area contributed by atoms with Gasteiger partial charge < -0.3 is 9.47 Å². The van der Waals surface area contributed by atoms with Crippen molar-refractivity contribution in [2.75, 3.05) is 6.79 Å². The van der Waals surface area contributed by atoms with Gasteiger partial charge in [0, 0.05) is 6.42 Å². The summed E-state index contributed by atoms with van der Waals surface area (Å²) >= 11 is 0. The van der Waals surface area contributed by atoms with E-state index >= 15 is 0 Å². The maximum atomic E-state index is 11.4. The second-order valence-electron chi connectivity index (χ2n) is 5.21. The standard InChI is InChI=1S/C20H28O4/c1-4-5-6-7-8-9-10-11-12-13-14-15-16-19(21)23-17-24-20(22)18(2)3/h5-14,18H,4,15-17H2,1-3H3/b6-5-,8-7-,10-9-,12-11-,14-13-. The molecule has 132 valence electrons. The molecule has 0 aromatic carbocycles. The highest BCUT2D eigenvalue weighted by atomic mass is 16.7. The number of allylic oxidation sites excluding steroid dienone is 10. The van der Waals surface area contributed by atoms with Crippen LogP contribution in [0.1, 0.15) is 40.0 Å². The van der Waals surface area contributed by atoms with Crippen LogP contribution in [0.5, 0.6) is 0 Å². The van der Waals surface area contributed by atoms with Crippen molar-refractivity contribution in [3.63, 3.8) is 0 Å². The van der Waals surface area contributed by atoms with E-state index in [0.29, 0.717) is 6.42 Å². The minimum atomic E-state index is -0.384. The number of rotatable bonds is 11. The molecule has 0 saturated carbocycles. The Morgan fingerprint density at radius 2 is 1.38 bits per heavy atom. The predicted molar refractivity (Wildman–Crippen MR) is 97.1 cm³/mol. The zero-order valence-corrected chi connectivity index (χ0v) is 14.8. The Morgan fingerprint density at radius 1 is 0.833 bits per heavy atom. The van der Waals surface area contributed by atoms with Crippen molar-refractivity contribution in [2.24, 2.45) is 5.92 Å². The van der Waals surface area contributed by atoms with Crippen LogP contribution in [0.3, 0.4) is 0 Å². The van der Waals surface area contributed by atoms with Gasteiger partial charge in [0.15, 0.2) is 0 Å². The van der Waals surface area contributed by atoms with Crippen molar-refractivity contribution in [3.8, 4) is 0 Å². The smallest absolute Gasteiger partial charge is 0.311 e. The third kappa shape index (κ3) is 14.6. The molecule has 0 atom stereocenters. The normalized spacial score (nSPS) is 12.5. The molecule has 0 radical (unpaired) electrons. The van der Waals surface area contributed by atoms with Crippen LogP contribution in [-0.2, 0) is 19.1 Å². The molecule has 4 nitrogen and oxygen atoms in total. The van der Waals surface area contributed by atoms with E-state index in [0.717, 1.165) is 6.42 Å². The Bertz CT molecular complexity index is 494. The molecule has 0 unspecified atom stereocenters. The van der Waals surface area contributed by atoms with E-state index in [-0.39, 0.29) is 31.1 Å². The lowest BCUT2D eigenvalue weighted by Gasteiger charge is -2.07. The zero-order chi connectivity index (χ0) is 18.0. The number of hydrogen-bond donors (Lipinski definition) is 0. The van der Waals surface area contributed by atoms with Gasteiger partial charge in [-0.3, -0.25) is 9.59 Å². The number of hydrogen-bond acceptors (Lipinski definition) is 4. The first-order chi connectivity index (χ1) is 11.6. The van der Waals surface area contributed by atoms with Crippen LogP contribution in [-0.4, -0.2) is 18.7 Å². The summed E-state index contributed by atoms with van der Waals surface area (Å²) in [7, 11) is 0. The van der Waals surface area contributed by atoms with Crippen LogP contribution in [0.15, 0.2) is 60.8 Å². The lowest BCUT2D eigenvalue weighted by Crippen LogP contribution is -2.16. The maximum Gasteiger partial charge on any atom is 0.311 e. The summed E-state index contributed by atoms with van der Waals surface area (Å²) in [5, 5.41) is 0. The van der Waals surface area contributed by atoms with Crippen molar-refractivity contribution < 1.29 is 19.1 Å². The summed E-state index contributed by atoms with van der Waals surface area (Å²) in [6.45, 7) is 5.22. The molecule has 0 aromatic rings. The average Bonchev–Trinajstić information content (AvgIpc) is 2.55. The zero-order valence-electron chi connectivity index (χ0n) is 14.8. The number of carbonyl (C=O) groups excluding carboxylic acids is 2. The first-order valence-electron chi connectivity index (χ1n) is 8.21. The van der Waals surface area contributed by atoms with E-state index < -0.39 is 0 Å². The Labute approximate surface area is 145 Å². The number of ether oxygens (including phenoxy) is 2. The third-order valence-corrected chi connectivity index (χ3v) is 2.69. The fraction of sp³-hybridized carbons (Fsp3) is 0.400. The Hall–Kier alpha value is -2.36. The predicted octanol–water partition coefficient (Wildman–Crippen LogP) is 4.66. The van der Waals surface area contributed by atoms with Crippen molar-refractivity contribution in [3.05, 3.63) is 60.8 Å². The minimum Gasteiger partial charge on any atom is -0.428 e. The summed E-state index contributed by atoms with van der Waals surface area (Å²) in [5.41, 5.74) is 0. The van der Waals surface area contributed by atoms with Gasteiger partial charge in [0.1, 0.15) is 0 Å². The molecule has 24 heavy (non-hydrogen) atoms. The number of esters is 2. The van der Waals surface area contributed by atoms with Crippen LogP contribution >= 0.6 is 0 Å². The van der Waals surface area contributed by atoms with Crippen LogP contribution in [0.4, 0.5) is 0 Å². The van der Waals surface area contributed by atoms with Crippen LogP contribution in [0.2, 0.25) is 0 Å². The second kappa shape index (κ2) is 15.5. The van der Waals surface area contributed by atoms with E-state index in [1.807, 2.05) is 54.7 Å². The van der Waals surface area contributed by atoms with Gasteiger partial charge in [-0.15, -0.1) is 0 Å². The molecule has 0 N–H and O–H groups in total. The molecule has 0 spiro atoms. The topological polar surface area (TPSA) is 52.6 Å². The third-order valence-electron chi connectivity index (χ3n) is 2.69. The molecule has 0 aliphatic heterocycles. The fourth-order valence-electron chi connectivity index (χ4n) is 1.37. The van der Waals surface area contributed by atoms with E-state index in [4.69, 9.17) is 9.47 Å². The van der Waals surface area contributed by atoms with Gasteiger partial charge in [-0.1, -0.05) is 81.5 Å². The quantitative estimate of drug-likeness (QED) is 0.314. The van der Waals surface area contributed by atoms with Crippen molar-refractivity contribution >= 4 is 11.9 Å². The Balaban J connectivity index is 3.73. The van der Waals surface area contributed by atoms with Crippen LogP contribution in [0.25, 0.3) is 0 Å². The van der Waals surface area contributed by atoms with Crippen LogP contribution in [0, 0.1) is 5.92 Å². The molecule has 0 heterocycles. The first-order valence-corrected chi connectivity index (χ1v) is 8.21. The summed E-state index contributed by atoms with van der Waals surface area (Å²) in [6, 6.07) is 0. The molecular weight excluding hydrogens is 304 g/mol. The van der Waals surface area contributed by atoms with Crippen molar-refractivity contribution in [2.45, 2.75) is 40.0 Å². The minimum absolute atomic E-state index is 0.226. The summed E-state index contributed by atoms with van der Waals surface area (Å²) < 4.78 is 9.56. The van der Waals surface area contributed by atoms with Gasteiger partial charge in [0.05, 0.1) is 5.92 Å². The lowest BCUT2D eigenvalue weighted by atomic mass is 10.2. The van der Waals surface area contributed by atoms with Gasteiger partial charge in [0.2, 0.25) is 6.79 Å². The fourth-order valence-corrected chi connectivity index (χ4v) is 1.37. The summed E-state index contributed by atoms with van der Waals surface area (Å²) in [4.78, 5) is 22.5. The lowest BCUT2D eigenvalue weighted by molar-refractivity contribution is -0.169. The molecule has 0 amide bonds. The highest BCUT2D eigenvalue weighted by Crippen LogP contribution is 1.98. The highest BCUT2D eigenvalue weighted by molar-refractivity contribution is 5.72. The Kier molecular flexibility index (Phi) is 14.0. The molecule has 0 rings (SSSR count). The largest absolute Gasteiger partial charge is 0.428 e. The molecule has 0 aliphatic rings. The van der Waals surface area contributed by atoms with Crippen molar-refractivity contribution in [1.82, 2.24) is 0 Å². The summed E-state index contributed by atoms with van der Waals surface area (Å²) in [5.74, 6) is -0.988.